The van der Waals surface area contributed by atoms with Crippen LogP contribution in [0, 0.1) is 0 Å². The first-order chi connectivity index (χ1) is 11.3. The summed E-state index contributed by atoms with van der Waals surface area (Å²) in [6.45, 7) is 4.24. The number of aromatic nitrogens is 2. The third kappa shape index (κ3) is 5.24. The van der Waals surface area contributed by atoms with Gasteiger partial charge in [-0.1, -0.05) is 12.1 Å². The fourth-order valence-corrected chi connectivity index (χ4v) is 2.23. The van der Waals surface area contributed by atoms with Gasteiger partial charge in [0.05, 0.1) is 12.1 Å². The van der Waals surface area contributed by atoms with Gasteiger partial charge in [0, 0.05) is 25.0 Å². The van der Waals surface area contributed by atoms with Crippen molar-refractivity contribution in [2.75, 3.05) is 6.54 Å². The lowest BCUT2D eigenvalue weighted by molar-refractivity contribution is -0.274. The number of hydrogen-bond acceptors (Lipinski definition) is 4. The first kappa shape index (κ1) is 18.3. The zero-order valence-corrected chi connectivity index (χ0v) is 13.4. The van der Waals surface area contributed by atoms with Crippen molar-refractivity contribution in [1.82, 2.24) is 15.1 Å². The van der Waals surface area contributed by atoms with Gasteiger partial charge in [-0.3, -0.25) is 4.68 Å². The Morgan fingerprint density at radius 1 is 1.25 bits per heavy atom. The molecule has 0 aliphatic rings. The summed E-state index contributed by atoms with van der Waals surface area (Å²) in [5.74, 6) is -0.313. The fraction of sp³-hybridized carbons (Fsp3) is 0.438. The molecule has 1 aromatic carbocycles. The highest BCUT2D eigenvalue weighted by atomic mass is 19.4. The van der Waals surface area contributed by atoms with Gasteiger partial charge in [-0.05, 0) is 37.6 Å². The Morgan fingerprint density at radius 3 is 2.46 bits per heavy atom. The van der Waals surface area contributed by atoms with Crippen molar-refractivity contribution in [2.24, 2.45) is 0 Å². The van der Waals surface area contributed by atoms with E-state index in [1.807, 2.05) is 30.8 Å². The Labute approximate surface area is 138 Å². The minimum Gasteiger partial charge on any atom is -0.406 e. The lowest BCUT2D eigenvalue weighted by Gasteiger charge is -2.23. The highest BCUT2D eigenvalue weighted by molar-refractivity contribution is 5.28. The van der Waals surface area contributed by atoms with Crippen molar-refractivity contribution < 1.29 is 23.0 Å². The molecule has 24 heavy (non-hydrogen) atoms. The number of nitrogens with one attached hydrogen (secondary N) is 1. The van der Waals surface area contributed by atoms with E-state index in [1.54, 1.807) is 6.20 Å². The van der Waals surface area contributed by atoms with E-state index in [2.05, 4.69) is 15.2 Å². The summed E-state index contributed by atoms with van der Waals surface area (Å²) in [6, 6.07) is 7.17. The number of alkyl halides is 3. The molecule has 0 fully saturated rings. The second kappa shape index (κ2) is 7.67. The Kier molecular flexibility index (Phi) is 5.84. The minimum atomic E-state index is -4.72. The van der Waals surface area contributed by atoms with E-state index in [1.165, 1.54) is 24.3 Å². The Morgan fingerprint density at radius 2 is 1.92 bits per heavy atom. The van der Waals surface area contributed by atoms with Crippen molar-refractivity contribution >= 4 is 0 Å². The topological polar surface area (TPSA) is 59.3 Å². The lowest BCUT2D eigenvalue weighted by atomic mass is 10.1. The molecule has 2 aromatic rings. The maximum atomic E-state index is 12.1. The molecule has 0 amide bonds. The molecule has 2 N–H and O–H groups in total. The summed E-state index contributed by atoms with van der Waals surface area (Å²) in [7, 11) is 0. The maximum absolute atomic E-state index is 12.1. The Hall–Kier alpha value is -2.06. The second-order valence-electron chi connectivity index (χ2n) is 5.56. The van der Waals surface area contributed by atoms with E-state index in [0.717, 1.165) is 0 Å². The van der Waals surface area contributed by atoms with E-state index in [-0.39, 0.29) is 24.4 Å². The van der Waals surface area contributed by atoms with Gasteiger partial charge in [-0.15, -0.1) is 13.2 Å². The van der Waals surface area contributed by atoms with E-state index >= 15 is 0 Å². The normalized spacial score (nSPS) is 15.8. The molecule has 0 spiro atoms. The molecule has 5 nitrogen and oxygen atoms in total. The van der Waals surface area contributed by atoms with Crippen LogP contribution >= 0.6 is 0 Å². The maximum Gasteiger partial charge on any atom is 0.573 e. The highest BCUT2D eigenvalue weighted by Crippen LogP contribution is 2.24. The van der Waals surface area contributed by atoms with Crippen LogP contribution in [-0.4, -0.2) is 33.8 Å². The van der Waals surface area contributed by atoms with Gasteiger partial charge in [-0.2, -0.15) is 5.10 Å². The smallest absolute Gasteiger partial charge is 0.406 e. The van der Waals surface area contributed by atoms with Crippen molar-refractivity contribution in [1.29, 1.82) is 0 Å². The SMILES string of the molecule is C[C@H](NC[C@H](O)c1ccc(OC(F)(F)F)cc1)[C@@H](C)n1cccn1. The van der Waals surface area contributed by atoms with Crippen LogP contribution in [-0.2, 0) is 0 Å². The molecule has 0 radical (unpaired) electrons. The first-order valence-corrected chi connectivity index (χ1v) is 7.52. The van der Waals surface area contributed by atoms with Crippen LogP contribution in [0.1, 0.15) is 31.6 Å². The molecule has 0 saturated heterocycles. The summed E-state index contributed by atoms with van der Waals surface area (Å²) < 4.78 is 42.0. The molecule has 0 saturated carbocycles. The average molecular weight is 343 g/mol. The van der Waals surface area contributed by atoms with Crippen LogP contribution in [0.4, 0.5) is 13.2 Å². The third-order valence-electron chi connectivity index (χ3n) is 3.80. The lowest BCUT2D eigenvalue weighted by Crippen LogP contribution is -2.36. The zero-order chi connectivity index (χ0) is 17.7. The van der Waals surface area contributed by atoms with Gasteiger partial charge in [0.15, 0.2) is 0 Å². The van der Waals surface area contributed by atoms with Crippen molar-refractivity contribution in [2.45, 2.75) is 38.4 Å². The highest BCUT2D eigenvalue weighted by Gasteiger charge is 2.31. The molecular weight excluding hydrogens is 323 g/mol. The quantitative estimate of drug-likeness (QED) is 0.811. The fourth-order valence-electron chi connectivity index (χ4n) is 2.23. The van der Waals surface area contributed by atoms with E-state index in [0.29, 0.717) is 5.56 Å². The molecule has 0 bridgehead atoms. The zero-order valence-electron chi connectivity index (χ0n) is 13.4. The van der Waals surface area contributed by atoms with Crippen LogP contribution in [0.3, 0.4) is 0 Å². The molecule has 1 heterocycles. The van der Waals surface area contributed by atoms with Gasteiger partial charge in [0.2, 0.25) is 0 Å². The number of ether oxygens (including phenoxy) is 1. The molecule has 2 rings (SSSR count). The summed E-state index contributed by atoms with van der Waals surface area (Å²) in [6.07, 6.45) is -2.00. The van der Waals surface area contributed by atoms with Gasteiger partial charge < -0.3 is 15.2 Å². The van der Waals surface area contributed by atoms with Gasteiger partial charge in [0.1, 0.15) is 5.75 Å². The van der Waals surface area contributed by atoms with Crippen LogP contribution in [0.5, 0.6) is 5.75 Å². The number of aliphatic hydroxyl groups excluding tert-OH is 1. The van der Waals surface area contributed by atoms with Crippen LogP contribution < -0.4 is 10.1 Å². The molecule has 0 aliphatic carbocycles. The number of hydrogen-bond donors (Lipinski definition) is 2. The number of rotatable bonds is 7. The molecular formula is C16H20F3N3O2. The molecule has 0 unspecified atom stereocenters. The predicted octanol–water partition coefficient (Wildman–Crippen LogP) is 3.05. The first-order valence-electron chi connectivity index (χ1n) is 7.52. The largest absolute Gasteiger partial charge is 0.573 e. The molecule has 0 aliphatic heterocycles. The van der Waals surface area contributed by atoms with Crippen LogP contribution in [0.15, 0.2) is 42.7 Å². The Balaban J connectivity index is 1.87. The summed E-state index contributed by atoms with van der Waals surface area (Å²) in [4.78, 5) is 0. The van der Waals surface area contributed by atoms with Crippen LogP contribution in [0.25, 0.3) is 0 Å². The van der Waals surface area contributed by atoms with E-state index in [9.17, 15) is 18.3 Å². The minimum absolute atomic E-state index is 0.0485. The van der Waals surface area contributed by atoms with E-state index < -0.39 is 12.5 Å². The van der Waals surface area contributed by atoms with E-state index in [4.69, 9.17) is 0 Å². The summed E-state index contributed by atoms with van der Waals surface area (Å²) >= 11 is 0. The second-order valence-corrected chi connectivity index (χ2v) is 5.56. The van der Waals surface area contributed by atoms with Crippen LogP contribution in [0.2, 0.25) is 0 Å². The standard InChI is InChI=1S/C16H20F3N3O2/c1-11(12(2)22-9-3-8-21-22)20-10-15(23)13-4-6-14(7-5-13)24-16(17,18)19/h3-9,11-12,15,20,23H,10H2,1-2H3/t11-,12+,15-/m0/s1. The predicted molar refractivity (Wildman–Crippen MR) is 82.5 cm³/mol. The van der Waals surface area contributed by atoms with Gasteiger partial charge in [0.25, 0.3) is 0 Å². The Bertz CT molecular complexity index is 614. The average Bonchev–Trinajstić information content (AvgIpc) is 3.05. The van der Waals surface area contributed by atoms with Gasteiger partial charge in [-0.25, -0.2) is 0 Å². The van der Waals surface area contributed by atoms with Crippen molar-refractivity contribution in [3.63, 3.8) is 0 Å². The molecule has 8 heteroatoms. The van der Waals surface area contributed by atoms with Crippen molar-refractivity contribution in [3.8, 4) is 5.75 Å². The summed E-state index contributed by atoms with van der Waals surface area (Å²) in [5.41, 5.74) is 0.510. The molecule has 3 atom stereocenters. The monoisotopic (exact) mass is 343 g/mol. The number of benzene rings is 1. The molecule has 132 valence electrons. The molecule has 1 aromatic heterocycles. The number of aliphatic hydroxyl groups is 1. The summed E-state index contributed by atoms with van der Waals surface area (Å²) in [5, 5.41) is 17.5. The number of halogens is 3. The third-order valence-corrected chi connectivity index (χ3v) is 3.80. The van der Waals surface area contributed by atoms with Crippen molar-refractivity contribution in [3.05, 3.63) is 48.3 Å². The number of nitrogens with zero attached hydrogens (tertiary/aromatic N) is 2. The van der Waals surface area contributed by atoms with Gasteiger partial charge >= 0.3 is 6.36 Å².